The first-order valence-corrected chi connectivity index (χ1v) is 3.65. The molecule has 0 aliphatic heterocycles. The normalized spacial score (nSPS) is 11.7. The average molecular weight is 183 g/mol. The maximum Gasteiger partial charge on any atom is 0.141 e. The fourth-order valence-electron chi connectivity index (χ4n) is 0.861. The highest BCUT2D eigenvalue weighted by molar-refractivity contribution is 5.99. The van der Waals surface area contributed by atoms with Crippen molar-refractivity contribution < 1.29 is 9.13 Å². The Balaban J connectivity index is 2.87. The first-order chi connectivity index (χ1) is 6.27. The van der Waals surface area contributed by atoms with Crippen molar-refractivity contribution >= 4 is 5.71 Å². The second-order valence-corrected chi connectivity index (χ2v) is 2.37. The summed E-state index contributed by atoms with van der Waals surface area (Å²) in [6.07, 6.45) is 1.11. The van der Waals surface area contributed by atoms with E-state index < -0.39 is 5.82 Å². The Kier molecular flexibility index (Phi) is 3.33. The summed E-state index contributed by atoms with van der Waals surface area (Å²) in [4.78, 5) is 3.80. The van der Waals surface area contributed by atoms with Crippen molar-refractivity contribution in [3.05, 3.63) is 29.8 Å². The highest BCUT2D eigenvalue weighted by Crippen LogP contribution is 1.99. The summed E-state index contributed by atoms with van der Waals surface area (Å²) in [5.41, 5.74) is 1.01. The second kappa shape index (κ2) is 4.51. The van der Waals surface area contributed by atoms with Crippen LogP contribution in [-0.2, 0) is 4.74 Å². The lowest BCUT2D eigenvalue weighted by molar-refractivity contribution is 0.245. The number of nitrogens with zero attached hydrogens (tertiary/aromatic N) is 2. The molecule has 0 aliphatic rings. The standard InChI is InChI=1S/C8H10FN3O/c1-13-5-8(12-10)7-3-2-6(9)4-11-7/h2-4H,5,10H2,1H3. The topological polar surface area (TPSA) is 60.5 Å². The highest BCUT2D eigenvalue weighted by atomic mass is 19.1. The predicted octanol–water partition coefficient (Wildman–Crippen LogP) is 0.530. The average Bonchev–Trinajstić information content (AvgIpc) is 2.16. The Morgan fingerprint density at radius 2 is 2.46 bits per heavy atom. The molecule has 0 unspecified atom stereocenters. The van der Waals surface area contributed by atoms with Crippen molar-refractivity contribution in [1.82, 2.24) is 4.98 Å². The molecule has 0 saturated heterocycles. The van der Waals surface area contributed by atoms with E-state index in [2.05, 4.69) is 10.1 Å². The van der Waals surface area contributed by atoms with Gasteiger partial charge in [0.15, 0.2) is 0 Å². The maximum atomic E-state index is 12.5. The van der Waals surface area contributed by atoms with Crippen molar-refractivity contribution in [2.75, 3.05) is 13.7 Å². The molecule has 0 spiro atoms. The summed E-state index contributed by atoms with van der Waals surface area (Å²) < 4.78 is 17.3. The Labute approximate surface area is 75.2 Å². The monoisotopic (exact) mass is 183 g/mol. The second-order valence-electron chi connectivity index (χ2n) is 2.37. The van der Waals surface area contributed by atoms with Crippen molar-refractivity contribution in [1.29, 1.82) is 0 Å². The quantitative estimate of drug-likeness (QED) is 0.422. The van der Waals surface area contributed by atoms with Gasteiger partial charge in [0.2, 0.25) is 0 Å². The number of halogens is 1. The van der Waals surface area contributed by atoms with Crippen LogP contribution in [0.3, 0.4) is 0 Å². The molecule has 5 heteroatoms. The van der Waals surface area contributed by atoms with Gasteiger partial charge in [0, 0.05) is 7.11 Å². The van der Waals surface area contributed by atoms with Gasteiger partial charge in [-0.15, -0.1) is 0 Å². The molecule has 0 aliphatic carbocycles. The van der Waals surface area contributed by atoms with Crippen LogP contribution in [-0.4, -0.2) is 24.4 Å². The van der Waals surface area contributed by atoms with Gasteiger partial charge in [0.25, 0.3) is 0 Å². The number of hydrazone groups is 1. The van der Waals surface area contributed by atoms with Gasteiger partial charge >= 0.3 is 0 Å². The number of methoxy groups -OCH3 is 1. The molecule has 13 heavy (non-hydrogen) atoms. The van der Waals surface area contributed by atoms with Crippen molar-refractivity contribution in [2.24, 2.45) is 10.9 Å². The molecule has 2 N–H and O–H groups in total. The first kappa shape index (κ1) is 9.60. The van der Waals surface area contributed by atoms with Gasteiger partial charge in [-0.2, -0.15) is 5.10 Å². The summed E-state index contributed by atoms with van der Waals surface area (Å²) in [7, 11) is 1.52. The molecule has 0 saturated carbocycles. The van der Waals surface area contributed by atoms with Gasteiger partial charge < -0.3 is 10.6 Å². The Morgan fingerprint density at radius 3 is 2.92 bits per heavy atom. The van der Waals surface area contributed by atoms with Crippen LogP contribution in [0.5, 0.6) is 0 Å². The molecule has 0 amide bonds. The van der Waals surface area contributed by atoms with Crippen LogP contribution in [0.4, 0.5) is 4.39 Å². The van der Waals surface area contributed by atoms with E-state index in [4.69, 9.17) is 10.6 Å². The van der Waals surface area contributed by atoms with E-state index in [-0.39, 0.29) is 6.61 Å². The Bertz CT molecular complexity index is 297. The van der Waals surface area contributed by atoms with E-state index in [9.17, 15) is 4.39 Å². The third kappa shape index (κ3) is 2.48. The van der Waals surface area contributed by atoms with Crippen molar-refractivity contribution in [2.45, 2.75) is 0 Å². The van der Waals surface area contributed by atoms with E-state index in [1.54, 1.807) is 0 Å². The van der Waals surface area contributed by atoms with Crippen LogP contribution in [0, 0.1) is 5.82 Å². The van der Waals surface area contributed by atoms with Gasteiger partial charge in [-0.3, -0.25) is 4.98 Å². The number of rotatable bonds is 3. The van der Waals surface area contributed by atoms with Crippen LogP contribution in [0.1, 0.15) is 5.69 Å². The lowest BCUT2D eigenvalue weighted by Crippen LogP contribution is -2.13. The zero-order chi connectivity index (χ0) is 9.68. The number of nitrogens with two attached hydrogens (primary N) is 1. The minimum Gasteiger partial charge on any atom is -0.378 e. The van der Waals surface area contributed by atoms with E-state index in [0.29, 0.717) is 11.4 Å². The van der Waals surface area contributed by atoms with E-state index in [1.807, 2.05) is 0 Å². The summed E-state index contributed by atoms with van der Waals surface area (Å²) in [5.74, 6) is 4.71. The zero-order valence-electron chi connectivity index (χ0n) is 7.20. The largest absolute Gasteiger partial charge is 0.378 e. The lowest BCUT2D eigenvalue weighted by Gasteiger charge is -2.01. The number of hydrogen-bond acceptors (Lipinski definition) is 4. The number of ether oxygens (including phenoxy) is 1. The summed E-state index contributed by atoms with van der Waals surface area (Å²) in [5, 5.41) is 3.48. The SMILES string of the molecule is COCC(=NN)c1ccc(F)cn1. The van der Waals surface area contributed by atoms with E-state index in [1.165, 1.54) is 19.2 Å². The van der Waals surface area contributed by atoms with Crippen LogP contribution in [0.2, 0.25) is 0 Å². The predicted molar refractivity (Wildman–Crippen MR) is 46.8 cm³/mol. The lowest BCUT2D eigenvalue weighted by atomic mass is 10.2. The molecule has 0 radical (unpaired) electrons. The molecule has 0 bridgehead atoms. The Morgan fingerprint density at radius 1 is 1.69 bits per heavy atom. The highest BCUT2D eigenvalue weighted by Gasteiger charge is 2.03. The first-order valence-electron chi connectivity index (χ1n) is 3.65. The molecule has 0 fully saturated rings. The van der Waals surface area contributed by atoms with Gasteiger partial charge in [0.05, 0.1) is 18.5 Å². The van der Waals surface area contributed by atoms with Gasteiger partial charge in [-0.05, 0) is 12.1 Å². The summed E-state index contributed by atoms with van der Waals surface area (Å²) in [6.45, 7) is 0.259. The fourth-order valence-corrected chi connectivity index (χ4v) is 0.861. The van der Waals surface area contributed by atoms with E-state index in [0.717, 1.165) is 6.20 Å². The third-order valence-electron chi connectivity index (χ3n) is 1.46. The molecule has 1 aromatic rings. The zero-order valence-corrected chi connectivity index (χ0v) is 7.20. The molecule has 70 valence electrons. The maximum absolute atomic E-state index is 12.5. The fraction of sp³-hybridized carbons (Fsp3) is 0.250. The molecule has 4 nitrogen and oxygen atoms in total. The Hall–Kier alpha value is -1.49. The van der Waals surface area contributed by atoms with Crippen LogP contribution in [0.15, 0.2) is 23.4 Å². The van der Waals surface area contributed by atoms with Gasteiger partial charge in [0.1, 0.15) is 11.5 Å². The number of aromatic nitrogens is 1. The molecule has 1 aromatic heterocycles. The third-order valence-corrected chi connectivity index (χ3v) is 1.46. The van der Waals surface area contributed by atoms with Crippen LogP contribution in [0.25, 0.3) is 0 Å². The number of pyridine rings is 1. The minimum absolute atomic E-state index is 0.259. The van der Waals surface area contributed by atoms with E-state index >= 15 is 0 Å². The molecule has 1 heterocycles. The molecular formula is C8H10FN3O. The summed E-state index contributed by atoms with van der Waals surface area (Å²) >= 11 is 0. The molecule has 1 rings (SSSR count). The molecule has 0 atom stereocenters. The summed E-state index contributed by atoms with van der Waals surface area (Å²) in [6, 6.07) is 2.79. The van der Waals surface area contributed by atoms with Gasteiger partial charge in [-0.25, -0.2) is 4.39 Å². The smallest absolute Gasteiger partial charge is 0.141 e. The minimum atomic E-state index is -0.391. The molecule has 0 aromatic carbocycles. The van der Waals surface area contributed by atoms with Crippen molar-refractivity contribution in [3.63, 3.8) is 0 Å². The van der Waals surface area contributed by atoms with Crippen LogP contribution >= 0.6 is 0 Å². The van der Waals surface area contributed by atoms with Gasteiger partial charge in [-0.1, -0.05) is 0 Å². The molecular weight excluding hydrogens is 173 g/mol. The van der Waals surface area contributed by atoms with Crippen LogP contribution < -0.4 is 5.84 Å². The number of hydrogen-bond donors (Lipinski definition) is 1. The van der Waals surface area contributed by atoms with Crippen molar-refractivity contribution in [3.8, 4) is 0 Å².